The van der Waals surface area contributed by atoms with Crippen LogP contribution in [0.2, 0.25) is 0 Å². The van der Waals surface area contributed by atoms with Gasteiger partial charge in [0.2, 0.25) is 0 Å². The second kappa shape index (κ2) is 18.8. The topological polar surface area (TPSA) is 111 Å². The molecule has 11 heteroatoms. The number of aromatic nitrogens is 8. The fourth-order valence-electron chi connectivity index (χ4n) is 10.6. The third-order valence-electron chi connectivity index (χ3n) is 14.2. The lowest BCUT2D eigenvalue weighted by atomic mass is 9.97. The molecule has 0 radical (unpaired) electrons. The summed E-state index contributed by atoms with van der Waals surface area (Å²) in [5.74, 6) is 1.32. The number of hydrogen-bond acceptors (Lipinski definition) is 7. The van der Waals surface area contributed by atoms with Crippen LogP contribution < -0.4 is 0 Å². The molecule has 4 heterocycles. The van der Waals surface area contributed by atoms with Crippen LogP contribution in [0.3, 0.4) is 0 Å². The van der Waals surface area contributed by atoms with Crippen LogP contribution in [0.1, 0.15) is 5.56 Å². The number of fused-ring (bicyclic) bond motifs is 6. The summed E-state index contributed by atoms with van der Waals surface area (Å²) in [4.78, 5) is 30.1. The summed E-state index contributed by atoms with van der Waals surface area (Å²) < 4.78 is 38.3. The quantitative estimate of drug-likeness (QED) is 0.142. The molecule has 14 aromatic rings. The Morgan fingerprint density at radius 3 is 0.974 bits per heavy atom. The lowest BCUT2D eigenvalue weighted by Crippen LogP contribution is -2.07. The molecule has 0 unspecified atom stereocenters. The zero-order chi connectivity index (χ0) is 52.3. The summed E-state index contributed by atoms with van der Waals surface area (Å²) in [6, 6.07) is 76.7. The van der Waals surface area contributed by atoms with E-state index in [0.29, 0.717) is 68.5 Å². The van der Waals surface area contributed by atoms with Crippen LogP contribution in [-0.4, -0.2) is 39.0 Å². The summed E-state index contributed by atoms with van der Waals surface area (Å²) in [5.41, 5.74) is 8.52. The minimum Gasteiger partial charge on any atom is -0.308 e. The number of benzene rings is 10. The summed E-state index contributed by atoms with van der Waals surface area (Å²) in [6.07, 6.45) is 0. The molecule has 0 atom stereocenters. The van der Waals surface area contributed by atoms with E-state index < -0.39 is 11.6 Å². The molecule has 366 valence electrons. The van der Waals surface area contributed by atoms with E-state index in [4.69, 9.17) is 29.9 Å². The van der Waals surface area contributed by atoms with Crippen molar-refractivity contribution >= 4 is 43.6 Å². The Bertz CT molecular complexity index is 4300. The zero-order valence-corrected chi connectivity index (χ0v) is 41.3. The summed E-state index contributed by atoms with van der Waals surface area (Å²) >= 11 is 0. The molecule has 0 saturated heterocycles. The van der Waals surface area contributed by atoms with Crippen LogP contribution in [0.15, 0.2) is 237 Å². The number of halogens is 2. The minimum absolute atomic E-state index is 0.224. The van der Waals surface area contributed by atoms with Crippen LogP contribution >= 0.6 is 0 Å². The average molecular weight is 1010 g/mol. The van der Waals surface area contributed by atoms with Gasteiger partial charge in [-0.25, -0.2) is 38.7 Å². The SMILES string of the molecule is N#Cc1cc(-n2c3ccccc3c3ccc(-c4nc(-c5ccccc5)nc(-c5ccccc5)n4)cc32)c(-c2c(F)cccc2F)c(-n2c3ccccc3c3ccc(-c4nc(-c5ccccc5)nc(-c5ccccc5)n4)cc32)c1. The average Bonchev–Trinajstić information content (AvgIpc) is 4.24. The van der Waals surface area contributed by atoms with Crippen LogP contribution in [0.5, 0.6) is 0 Å². The van der Waals surface area contributed by atoms with E-state index in [0.717, 1.165) is 54.8 Å². The first kappa shape index (κ1) is 45.8. The van der Waals surface area contributed by atoms with Gasteiger partial charge in [0, 0.05) is 60.5 Å². The van der Waals surface area contributed by atoms with Crippen LogP contribution in [0.25, 0.3) is 134 Å². The Morgan fingerprint density at radius 1 is 0.295 bits per heavy atom. The first-order valence-electron chi connectivity index (χ1n) is 25.3. The van der Waals surface area contributed by atoms with Crippen molar-refractivity contribution in [1.29, 1.82) is 5.26 Å². The maximum Gasteiger partial charge on any atom is 0.164 e. The van der Waals surface area contributed by atoms with Crippen molar-refractivity contribution in [2.45, 2.75) is 0 Å². The highest BCUT2D eigenvalue weighted by Gasteiger charge is 2.28. The van der Waals surface area contributed by atoms with Crippen molar-refractivity contribution in [3.8, 4) is 96.9 Å². The van der Waals surface area contributed by atoms with E-state index in [1.54, 1.807) is 12.1 Å². The fraction of sp³-hybridized carbons (Fsp3) is 0. The molecule has 0 aliphatic heterocycles. The molecular formula is C67H39F2N9. The molecular weight excluding hydrogens is 969 g/mol. The largest absolute Gasteiger partial charge is 0.308 e. The molecule has 4 aromatic heterocycles. The molecule has 78 heavy (non-hydrogen) atoms. The molecule has 0 aliphatic carbocycles. The predicted octanol–water partition coefficient (Wildman–Crippen LogP) is 16.1. The minimum atomic E-state index is -0.774. The number of nitrogens with zero attached hydrogens (tertiary/aromatic N) is 9. The lowest BCUT2D eigenvalue weighted by Gasteiger charge is -2.21. The third kappa shape index (κ3) is 7.83. The third-order valence-corrected chi connectivity index (χ3v) is 14.2. The van der Waals surface area contributed by atoms with Crippen LogP contribution in [0, 0.1) is 23.0 Å². The molecule has 0 fully saturated rings. The highest BCUT2D eigenvalue weighted by atomic mass is 19.1. The van der Waals surface area contributed by atoms with Gasteiger partial charge in [-0.2, -0.15) is 5.26 Å². The van der Waals surface area contributed by atoms with E-state index in [9.17, 15) is 5.26 Å². The highest BCUT2D eigenvalue weighted by molar-refractivity contribution is 6.13. The standard InChI is InChI=1S/C67H39F2N9/c68-52-28-17-29-53(69)60(52)61-58(77-54-30-15-13-26-48(54)50-34-32-46(38-56(50)77)66-73-62(42-18-5-1-6-19-42)71-63(74-66)43-20-7-2-8-21-43)36-41(40-70)37-59(61)78-55-31-16-14-27-49(55)51-35-33-47(39-57(51)78)67-75-64(44-22-9-3-10-23-44)72-65(76-67)45-24-11-4-12-25-45/h1-39H. The number of para-hydroxylation sites is 2. The maximum absolute atomic E-state index is 17.1. The Morgan fingerprint density at radius 2 is 0.615 bits per heavy atom. The van der Waals surface area contributed by atoms with Gasteiger partial charge in [-0.15, -0.1) is 0 Å². The molecule has 0 aliphatic rings. The fourth-order valence-corrected chi connectivity index (χ4v) is 10.6. The van der Waals surface area contributed by atoms with Gasteiger partial charge in [0.1, 0.15) is 11.6 Å². The van der Waals surface area contributed by atoms with Crippen molar-refractivity contribution in [1.82, 2.24) is 39.0 Å². The monoisotopic (exact) mass is 1010 g/mol. The Hall–Kier alpha value is -10.8. The van der Waals surface area contributed by atoms with Gasteiger partial charge in [0.25, 0.3) is 0 Å². The van der Waals surface area contributed by atoms with Crippen molar-refractivity contribution in [3.63, 3.8) is 0 Å². The van der Waals surface area contributed by atoms with Crippen molar-refractivity contribution < 1.29 is 8.78 Å². The molecule has 0 saturated carbocycles. The Kier molecular flexibility index (Phi) is 11.0. The summed E-state index contributed by atoms with van der Waals surface area (Å²) in [6.45, 7) is 0. The molecule has 14 rings (SSSR count). The van der Waals surface area contributed by atoms with E-state index in [-0.39, 0.29) is 16.7 Å². The Labute approximate surface area is 445 Å². The lowest BCUT2D eigenvalue weighted by molar-refractivity contribution is 0.589. The van der Waals surface area contributed by atoms with E-state index >= 15 is 8.78 Å². The van der Waals surface area contributed by atoms with E-state index in [1.165, 1.54) is 18.2 Å². The molecule has 0 spiro atoms. The van der Waals surface area contributed by atoms with Gasteiger partial charge in [-0.05, 0) is 48.5 Å². The number of rotatable bonds is 9. The van der Waals surface area contributed by atoms with E-state index in [1.807, 2.05) is 215 Å². The second-order valence-corrected chi connectivity index (χ2v) is 18.8. The van der Waals surface area contributed by atoms with Gasteiger partial charge in [0.05, 0.1) is 50.6 Å². The summed E-state index contributed by atoms with van der Waals surface area (Å²) in [7, 11) is 0. The zero-order valence-electron chi connectivity index (χ0n) is 41.3. The van der Waals surface area contributed by atoms with Crippen LogP contribution in [0.4, 0.5) is 8.78 Å². The predicted molar refractivity (Wildman–Crippen MR) is 305 cm³/mol. The molecule has 0 amide bonds. The Balaban J connectivity index is 1.05. The number of hydrogen-bond donors (Lipinski definition) is 0. The highest BCUT2D eigenvalue weighted by Crippen LogP contribution is 2.45. The second-order valence-electron chi connectivity index (χ2n) is 18.8. The molecule has 0 N–H and O–H groups in total. The molecule has 0 bridgehead atoms. The maximum atomic E-state index is 17.1. The molecule has 9 nitrogen and oxygen atoms in total. The van der Waals surface area contributed by atoms with Crippen molar-refractivity contribution in [2.24, 2.45) is 0 Å². The first-order valence-corrected chi connectivity index (χ1v) is 25.3. The van der Waals surface area contributed by atoms with Gasteiger partial charge >= 0.3 is 0 Å². The smallest absolute Gasteiger partial charge is 0.164 e. The van der Waals surface area contributed by atoms with Gasteiger partial charge < -0.3 is 9.13 Å². The van der Waals surface area contributed by atoms with Gasteiger partial charge in [0.15, 0.2) is 34.9 Å². The summed E-state index contributed by atoms with van der Waals surface area (Å²) in [5, 5.41) is 14.6. The van der Waals surface area contributed by atoms with Gasteiger partial charge in [-0.3, -0.25) is 0 Å². The first-order chi connectivity index (χ1) is 38.5. The number of nitriles is 1. The normalized spacial score (nSPS) is 11.4. The van der Waals surface area contributed by atoms with E-state index in [2.05, 4.69) is 6.07 Å². The van der Waals surface area contributed by atoms with Crippen molar-refractivity contribution in [3.05, 3.63) is 254 Å². The van der Waals surface area contributed by atoms with Gasteiger partial charge in [-0.1, -0.05) is 188 Å². The van der Waals surface area contributed by atoms with Crippen molar-refractivity contribution in [2.75, 3.05) is 0 Å². The van der Waals surface area contributed by atoms with Crippen LogP contribution in [-0.2, 0) is 0 Å². The molecule has 10 aromatic carbocycles.